The number of nitrogens with two attached hydrogens (primary N) is 1. The maximum absolute atomic E-state index is 13.3. The van der Waals surface area contributed by atoms with Gasteiger partial charge in [0.2, 0.25) is 5.88 Å². The van der Waals surface area contributed by atoms with Crippen LogP contribution in [0.25, 0.3) is 0 Å². The molecule has 0 aliphatic heterocycles. The zero-order valence-corrected chi connectivity index (χ0v) is 15.7. The molecule has 0 saturated heterocycles. The van der Waals surface area contributed by atoms with Gasteiger partial charge in [0.25, 0.3) is 0 Å². The van der Waals surface area contributed by atoms with Gasteiger partial charge in [-0.25, -0.2) is 14.4 Å². The fourth-order valence-electron chi connectivity index (χ4n) is 2.21. The van der Waals surface area contributed by atoms with Gasteiger partial charge < -0.3 is 15.4 Å². The first-order valence-electron chi connectivity index (χ1n) is 7.53. The van der Waals surface area contributed by atoms with Crippen LogP contribution >= 0.6 is 24.0 Å². The summed E-state index contributed by atoms with van der Waals surface area (Å²) in [4.78, 5) is 10.6. The van der Waals surface area contributed by atoms with Gasteiger partial charge >= 0.3 is 0 Å². The quantitative estimate of drug-likeness (QED) is 0.437. The highest BCUT2D eigenvalue weighted by atomic mass is 127. The van der Waals surface area contributed by atoms with Crippen LogP contribution in [-0.2, 0) is 6.54 Å². The summed E-state index contributed by atoms with van der Waals surface area (Å²) < 4.78 is 18.9. The molecule has 0 bridgehead atoms. The van der Waals surface area contributed by atoms with Gasteiger partial charge in [-0.3, -0.25) is 0 Å². The Morgan fingerprint density at radius 2 is 2.17 bits per heavy atom. The summed E-state index contributed by atoms with van der Waals surface area (Å²) >= 11 is 0. The highest BCUT2D eigenvalue weighted by Crippen LogP contribution is 2.26. The Hall–Kier alpha value is -1.90. The van der Waals surface area contributed by atoms with Crippen molar-refractivity contribution in [3.05, 3.63) is 54.0 Å². The first-order valence-corrected chi connectivity index (χ1v) is 7.53. The summed E-state index contributed by atoms with van der Waals surface area (Å²) in [5.41, 5.74) is 6.79. The van der Waals surface area contributed by atoms with Gasteiger partial charge in [-0.05, 0) is 31.0 Å². The molecule has 0 amide bonds. The average molecular weight is 442 g/mol. The molecule has 24 heavy (non-hydrogen) atoms. The molecule has 1 saturated carbocycles. The molecule has 0 spiro atoms. The predicted octanol–water partition coefficient (Wildman–Crippen LogP) is 3.54. The molecule has 5 nitrogen and oxygen atoms in total. The summed E-state index contributed by atoms with van der Waals surface area (Å²) in [7, 11) is 1.95. The molecule has 1 fully saturated rings. The monoisotopic (exact) mass is 442 g/mol. The molecule has 0 radical (unpaired) electrons. The van der Waals surface area contributed by atoms with Crippen molar-refractivity contribution in [2.45, 2.75) is 25.4 Å². The van der Waals surface area contributed by atoms with Gasteiger partial charge in [-0.1, -0.05) is 12.1 Å². The molecule has 2 aromatic rings. The van der Waals surface area contributed by atoms with Gasteiger partial charge in [-0.2, -0.15) is 0 Å². The van der Waals surface area contributed by atoms with Crippen LogP contribution < -0.4 is 10.5 Å². The number of nitrogens with zero attached hydrogens (tertiary/aromatic N) is 3. The van der Waals surface area contributed by atoms with Crippen molar-refractivity contribution >= 4 is 29.9 Å². The lowest BCUT2D eigenvalue weighted by Gasteiger charge is -2.17. The lowest BCUT2D eigenvalue weighted by Crippen LogP contribution is -2.35. The number of rotatable bonds is 5. The lowest BCUT2D eigenvalue weighted by molar-refractivity contribution is 0.451. The number of pyridine rings is 1. The van der Waals surface area contributed by atoms with E-state index in [0.29, 0.717) is 30.2 Å². The molecule has 7 heteroatoms. The topological polar surface area (TPSA) is 63.7 Å². The predicted molar refractivity (Wildman–Crippen MR) is 102 cm³/mol. The number of hydrogen-bond donors (Lipinski definition) is 1. The average Bonchev–Trinajstić information content (AvgIpc) is 3.38. The molecule has 0 atom stereocenters. The summed E-state index contributed by atoms with van der Waals surface area (Å²) in [5, 5.41) is 0. The van der Waals surface area contributed by atoms with E-state index in [-0.39, 0.29) is 29.8 Å². The van der Waals surface area contributed by atoms with Crippen molar-refractivity contribution in [2.75, 3.05) is 7.05 Å². The van der Waals surface area contributed by atoms with Crippen LogP contribution in [0, 0.1) is 5.82 Å². The second-order valence-electron chi connectivity index (χ2n) is 5.54. The maximum atomic E-state index is 13.3. The van der Waals surface area contributed by atoms with Crippen LogP contribution in [0.1, 0.15) is 18.4 Å². The molecular formula is C17H20FIN4O. The number of aromatic nitrogens is 1. The minimum absolute atomic E-state index is 0. The highest BCUT2D eigenvalue weighted by molar-refractivity contribution is 14.0. The Kier molecular flexibility index (Phi) is 6.36. The Morgan fingerprint density at radius 3 is 2.88 bits per heavy atom. The number of guanidine groups is 1. The van der Waals surface area contributed by atoms with E-state index in [1.165, 1.54) is 12.1 Å². The largest absolute Gasteiger partial charge is 0.439 e. The van der Waals surface area contributed by atoms with Crippen molar-refractivity contribution in [3.63, 3.8) is 0 Å². The van der Waals surface area contributed by atoms with E-state index >= 15 is 0 Å². The van der Waals surface area contributed by atoms with E-state index in [1.807, 2.05) is 24.1 Å². The Labute approximate surface area is 157 Å². The molecule has 1 aliphatic rings. The Morgan fingerprint density at radius 1 is 1.38 bits per heavy atom. The first kappa shape index (κ1) is 18.4. The standard InChI is InChI=1S/C17H19FN4O.HI/c1-22(14-7-8-14)17(19)21-11-12-4-3-9-20-16(12)23-15-6-2-5-13(18)10-15;/h2-6,9-10,14H,7-8,11H2,1H3,(H2,19,21);1H. The van der Waals surface area contributed by atoms with E-state index in [2.05, 4.69) is 9.98 Å². The second kappa shape index (κ2) is 8.27. The van der Waals surface area contributed by atoms with Crippen molar-refractivity contribution in [2.24, 2.45) is 10.7 Å². The summed E-state index contributed by atoms with van der Waals surface area (Å²) in [5.74, 6) is 0.960. The zero-order valence-electron chi connectivity index (χ0n) is 13.4. The Balaban J connectivity index is 0.00000208. The molecular weight excluding hydrogens is 422 g/mol. The van der Waals surface area contributed by atoms with Gasteiger partial charge in [0.1, 0.15) is 11.6 Å². The van der Waals surface area contributed by atoms with Gasteiger partial charge in [0.05, 0.1) is 6.54 Å². The van der Waals surface area contributed by atoms with Gasteiger partial charge in [-0.15, -0.1) is 24.0 Å². The van der Waals surface area contributed by atoms with Crippen molar-refractivity contribution in [3.8, 4) is 11.6 Å². The third-order valence-electron chi connectivity index (χ3n) is 3.73. The minimum atomic E-state index is -0.353. The van der Waals surface area contributed by atoms with Gasteiger partial charge in [0, 0.05) is 30.9 Å². The number of benzene rings is 1. The van der Waals surface area contributed by atoms with E-state index in [9.17, 15) is 4.39 Å². The molecule has 1 aromatic heterocycles. The number of hydrogen-bond acceptors (Lipinski definition) is 3. The Bertz CT molecular complexity index is 721. The van der Waals surface area contributed by atoms with Crippen LogP contribution in [0.2, 0.25) is 0 Å². The zero-order chi connectivity index (χ0) is 16.2. The molecule has 128 valence electrons. The lowest BCUT2D eigenvalue weighted by atomic mass is 10.2. The van der Waals surface area contributed by atoms with Crippen molar-refractivity contribution < 1.29 is 9.13 Å². The summed E-state index contributed by atoms with van der Waals surface area (Å²) in [6.07, 6.45) is 3.95. The van der Waals surface area contributed by atoms with Crippen LogP contribution in [0.15, 0.2) is 47.6 Å². The summed E-state index contributed by atoms with van der Waals surface area (Å²) in [6, 6.07) is 10.1. The van der Waals surface area contributed by atoms with Crippen molar-refractivity contribution in [1.29, 1.82) is 0 Å². The van der Waals surface area contributed by atoms with Crippen LogP contribution in [-0.4, -0.2) is 28.9 Å². The van der Waals surface area contributed by atoms with Gasteiger partial charge in [0.15, 0.2) is 5.96 Å². The fraction of sp³-hybridized carbons (Fsp3) is 0.294. The normalized spacial score (nSPS) is 14.0. The number of halogens is 2. The third kappa shape index (κ3) is 4.80. The highest BCUT2D eigenvalue weighted by Gasteiger charge is 2.27. The summed E-state index contributed by atoms with van der Waals surface area (Å²) in [6.45, 7) is 0.362. The van der Waals surface area contributed by atoms with E-state index in [4.69, 9.17) is 10.5 Å². The van der Waals surface area contributed by atoms with Crippen LogP contribution in [0.3, 0.4) is 0 Å². The molecule has 1 aromatic carbocycles. The number of aliphatic imine (C=N–C) groups is 1. The molecule has 2 N–H and O–H groups in total. The SMILES string of the molecule is CN(C(N)=NCc1cccnc1Oc1cccc(F)c1)C1CC1.I. The molecule has 1 aliphatic carbocycles. The van der Waals surface area contributed by atoms with Crippen LogP contribution in [0.4, 0.5) is 4.39 Å². The van der Waals surface area contributed by atoms with Crippen molar-refractivity contribution in [1.82, 2.24) is 9.88 Å². The molecule has 0 unspecified atom stereocenters. The van der Waals surface area contributed by atoms with E-state index in [1.54, 1.807) is 18.3 Å². The fourth-order valence-corrected chi connectivity index (χ4v) is 2.21. The van der Waals surface area contributed by atoms with E-state index in [0.717, 1.165) is 18.4 Å². The molecule has 1 heterocycles. The van der Waals surface area contributed by atoms with Crippen LogP contribution in [0.5, 0.6) is 11.6 Å². The van der Waals surface area contributed by atoms with E-state index < -0.39 is 0 Å². The second-order valence-corrected chi connectivity index (χ2v) is 5.54. The first-order chi connectivity index (χ1) is 11.1. The third-order valence-corrected chi connectivity index (χ3v) is 3.73. The minimum Gasteiger partial charge on any atom is -0.439 e. The smallest absolute Gasteiger partial charge is 0.224 e. The molecule has 3 rings (SSSR count). The maximum Gasteiger partial charge on any atom is 0.224 e. The number of ether oxygens (including phenoxy) is 1.